The average molecular weight is 394 g/mol. The second-order valence-electron chi connectivity index (χ2n) is 6.42. The first-order valence-corrected chi connectivity index (χ1v) is 9.68. The van der Waals surface area contributed by atoms with E-state index in [2.05, 4.69) is 10.3 Å². The predicted octanol–water partition coefficient (Wildman–Crippen LogP) is 3.90. The molecule has 0 aromatic heterocycles. The summed E-state index contributed by atoms with van der Waals surface area (Å²) in [5.41, 5.74) is 1.54. The van der Waals surface area contributed by atoms with E-state index < -0.39 is 0 Å². The highest BCUT2D eigenvalue weighted by molar-refractivity contribution is 8.18. The van der Waals surface area contributed by atoms with Crippen LogP contribution in [0.25, 0.3) is 6.08 Å². The van der Waals surface area contributed by atoms with Crippen LogP contribution < -0.4 is 14.8 Å². The van der Waals surface area contributed by atoms with Gasteiger partial charge in [-0.3, -0.25) is 9.59 Å². The fourth-order valence-electron chi connectivity index (χ4n) is 2.62. The normalized spacial score (nSPS) is 19.0. The van der Waals surface area contributed by atoms with Crippen molar-refractivity contribution in [3.05, 3.63) is 59.0 Å². The summed E-state index contributed by atoms with van der Waals surface area (Å²) in [6, 6.07) is 14.6. The summed E-state index contributed by atoms with van der Waals surface area (Å²) in [5, 5.41) is 3.30. The smallest absolute Gasteiger partial charge is 0.314 e. The number of hydrogen-bond acceptors (Lipinski definition) is 6. The van der Waals surface area contributed by atoms with E-state index in [0.29, 0.717) is 21.6 Å². The maximum absolute atomic E-state index is 12.2. The van der Waals surface area contributed by atoms with Gasteiger partial charge in [-0.15, -0.1) is 0 Å². The molecule has 7 heteroatoms. The number of carbonyl (C=O) groups is 2. The third-order valence-electron chi connectivity index (χ3n) is 4.24. The van der Waals surface area contributed by atoms with Gasteiger partial charge in [-0.2, -0.15) is 0 Å². The number of thioether (sulfide) groups is 1. The first kappa shape index (κ1) is 18.3. The van der Waals surface area contributed by atoms with Crippen molar-refractivity contribution in [2.75, 3.05) is 7.11 Å². The Hall–Kier alpha value is -3.06. The monoisotopic (exact) mass is 394 g/mol. The van der Waals surface area contributed by atoms with Crippen molar-refractivity contribution in [2.45, 2.75) is 12.8 Å². The van der Waals surface area contributed by atoms with Gasteiger partial charge in [-0.1, -0.05) is 24.3 Å². The van der Waals surface area contributed by atoms with Crippen molar-refractivity contribution >= 4 is 40.6 Å². The number of para-hydroxylation sites is 1. The standard InChI is InChI=1S/C21H18N2O4S/c1-26-17-11-13(7-10-16(17)27-20(25)14-8-9-14)12-18-19(24)23-21(28-18)22-15-5-3-2-4-6-15/h2-7,10-12,14H,8-9H2,1H3,(H,22,23,24)/b18-12-. The first-order chi connectivity index (χ1) is 13.6. The predicted molar refractivity (Wildman–Crippen MR) is 109 cm³/mol. The lowest BCUT2D eigenvalue weighted by molar-refractivity contribution is -0.135. The summed E-state index contributed by atoms with van der Waals surface area (Å²) >= 11 is 1.27. The van der Waals surface area contributed by atoms with E-state index in [4.69, 9.17) is 9.47 Å². The highest BCUT2D eigenvalue weighted by Crippen LogP contribution is 2.35. The number of aliphatic imine (C=N–C) groups is 1. The van der Waals surface area contributed by atoms with E-state index >= 15 is 0 Å². The Kier molecular flexibility index (Phi) is 5.16. The summed E-state index contributed by atoms with van der Waals surface area (Å²) in [4.78, 5) is 29.1. The number of amidine groups is 1. The number of esters is 1. The Balaban J connectivity index is 1.52. The lowest BCUT2D eigenvalue weighted by Crippen LogP contribution is -2.19. The number of hydrogen-bond donors (Lipinski definition) is 1. The molecule has 1 amide bonds. The van der Waals surface area contributed by atoms with Crippen molar-refractivity contribution in [1.82, 2.24) is 5.32 Å². The molecule has 2 aromatic carbocycles. The van der Waals surface area contributed by atoms with E-state index in [9.17, 15) is 9.59 Å². The topological polar surface area (TPSA) is 77.0 Å². The zero-order valence-electron chi connectivity index (χ0n) is 15.2. The number of methoxy groups -OCH3 is 1. The van der Waals surface area contributed by atoms with Crippen LogP contribution in [0.5, 0.6) is 11.5 Å². The molecule has 1 saturated heterocycles. The van der Waals surface area contributed by atoms with Crippen LogP contribution in [0.2, 0.25) is 0 Å². The molecule has 142 valence electrons. The number of benzene rings is 2. The van der Waals surface area contributed by atoms with Crippen LogP contribution in [0.4, 0.5) is 5.69 Å². The highest BCUT2D eigenvalue weighted by Gasteiger charge is 2.32. The minimum Gasteiger partial charge on any atom is -0.493 e. The molecule has 0 spiro atoms. The Bertz CT molecular complexity index is 981. The molecule has 1 heterocycles. The van der Waals surface area contributed by atoms with Gasteiger partial charge in [0.15, 0.2) is 16.7 Å². The molecule has 0 radical (unpaired) electrons. The van der Waals surface area contributed by atoms with Crippen LogP contribution in [0.15, 0.2) is 58.4 Å². The van der Waals surface area contributed by atoms with Crippen LogP contribution in [-0.2, 0) is 9.59 Å². The molecule has 0 atom stereocenters. The van der Waals surface area contributed by atoms with E-state index in [1.54, 1.807) is 24.3 Å². The average Bonchev–Trinajstić information content (AvgIpc) is 3.49. The Morgan fingerprint density at radius 1 is 1.18 bits per heavy atom. The van der Waals surface area contributed by atoms with Crippen molar-refractivity contribution < 1.29 is 19.1 Å². The van der Waals surface area contributed by atoms with E-state index in [1.807, 2.05) is 30.3 Å². The lowest BCUT2D eigenvalue weighted by atomic mass is 10.2. The van der Waals surface area contributed by atoms with E-state index in [-0.39, 0.29) is 17.8 Å². The van der Waals surface area contributed by atoms with Gasteiger partial charge in [0.25, 0.3) is 5.91 Å². The summed E-state index contributed by atoms with van der Waals surface area (Å²) in [7, 11) is 1.52. The van der Waals surface area contributed by atoms with Gasteiger partial charge in [-0.25, -0.2) is 4.99 Å². The lowest BCUT2D eigenvalue weighted by Gasteiger charge is -2.09. The molecule has 1 aliphatic heterocycles. The van der Waals surface area contributed by atoms with Gasteiger partial charge in [0, 0.05) is 0 Å². The van der Waals surface area contributed by atoms with E-state index in [0.717, 1.165) is 24.1 Å². The minimum absolute atomic E-state index is 0.00686. The zero-order chi connectivity index (χ0) is 19.5. The fourth-order valence-corrected chi connectivity index (χ4v) is 3.46. The molecule has 2 fully saturated rings. The third-order valence-corrected chi connectivity index (χ3v) is 5.15. The number of amides is 1. The molecule has 28 heavy (non-hydrogen) atoms. The van der Waals surface area contributed by atoms with Gasteiger partial charge in [0.05, 0.1) is 23.6 Å². The van der Waals surface area contributed by atoms with Gasteiger partial charge < -0.3 is 14.8 Å². The molecular weight excluding hydrogens is 376 g/mol. The van der Waals surface area contributed by atoms with E-state index in [1.165, 1.54) is 18.9 Å². The van der Waals surface area contributed by atoms with Crippen LogP contribution in [-0.4, -0.2) is 24.2 Å². The Morgan fingerprint density at radius 2 is 1.96 bits per heavy atom. The van der Waals surface area contributed by atoms with Crippen LogP contribution in [0.1, 0.15) is 18.4 Å². The second-order valence-corrected chi connectivity index (χ2v) is 7.45. The van der Waals surface area contributed by atoms with Crippen LogP contribution >= 0.6 is 11.8 Å². The molecule has 6 nitrogen and oxygen atoms in total. The molecule has 4 rings (SSSR count). The van der Waals surface area contributed by atoms with Crippen molar-refractivity contribution in [2.24, 2.45) is 10.9 Å². The molecule has 1 saturated carbocycles. The van der Waals surface area contributed by atoms with Gasteiger partial charge in [0.1, 0.15) is 0 Å². The fraction of sp³-hybridized carbons (Fsp3) is 0.190. The Morgan fingerprint density at radius 3 is 2.68 bits per heavy atom. The minimum atomic E-state index is -0.225. The van der Waals surface area contributed by atoms with Gasteiger partial charge in [0.2, 0.25) is 0 Å². The third kappa shape index (κ3) is 4.26. The molecule has 0 unspecified atom stereocenters. The summed E-state index contributed by atoms with van der Waals surface area (Å²) in [6.45, 7) is 0. The number of nitrogens with zero attached hydrogens (tertiary/aromatic N) is 1. The summed E-state index contributed by atoms with van der Waals surface area (Å²) < 4.78 is 10.7. The maximum atomic E-state index is 12.2. The van der Waals surface area contributed by atoms with Crippen LogP contribution in [0.3, 0.4) is 0 Å². The number of rotatable bonds is 5. The molecule has 1 aliphatic carbocycles. The molecule has 2 aliphatic rings. The number of carbonyl (C=O) groups excluding carboxylic acids is 2. The van der Waals surface area contributed by atoms with Crippen LogP contribution in [0, 0.1) is 5.92 Å². The summed E-state index contributed by atoms with van der Waals surface area (Å²) in [5.74, 6) is 0.411. The Labute approximate surface area is 166 Å². The highest BCUT2D eigenvalue weighted by atomic mass is 32.2. The summed E-state index contributed by atoms with van der Waals surface area (Å²) in [6.07, 6.45) is 3.51. The maximum Gasteiger partial charge on any atom is 0.314 e. The quantitative estimate of drug-likeness (QED) is 0.473. The van der Waals surface area contributed by atoms with Gasteiger partial charge >= 0.3 is 5.97 Å². The van der Waals surface area contributed by atoms with Crippen molar-refractivity contribution in [1.29, 1.82) is 0 Å². The van der Waals surface area contributed by atoms with Crippen molar-refractivity contribution in [3.8, 4) is 11.5 Å². The second kappa shape index (κ2) is 7.90. The number of nitrogens with one attached hydrogen (secondary N) is 1. The zero-order valence-corrected chi connectivity index (χ0v) is 16.0. The largest absolute Gasteiger partial charge is 0.493 e. The number of ether oxygens (including phenoxy) is 2. The SMILES string of the molecule is COc1cc(/C=C2\SC(=Nc3ccccc3)NC2=O)ccc1OC(=O)C1CC1. The first-order valence-electron chi connectivity index (χ1n) is 8.87. The molecule has 2 aromatic rings. The molecule has 0 bridgehead atoms. The molecular formula is C21H18N2O4S. The van der Waals surface area contributed by atoms with Gasteiger partial charge in [-0.05, 0) is 60.5 Å². The molecule has 1 N–H and O–H groups in total. The van der Waals surface area contributed by atoms with Crippen molar-refractivity contribution in [3.63, 3.8) is 0 Å².